The Kier molecular flexibility index (Phi) is 6.08. The Hall–Kier alpha value is -1.69. The lowest BCUT2D eigenvalue weighted by Gasteiger charge is -2.22. The summed E-state index contributed by atoms with van der Waals surface area (Å²) < 4.78 is 15.9. The number of carbonyl (C=O) groups excluding carboxylic acids is 1. The number of halogens is 1. The Morgan fingerprint density at radius 3 is 2.71 bits per heavy atom. The van der Waals surface area contributed by atoms with Gasteiger partial charge in [-0.1, -0.05) is 11.6 Å². The van der Waals surface area contributed by atoms with Crippen molar-refractivity contribution in [3.63, 3.8) is 0 Å². The third-order valence-corrected chi connectivity index (χ3v) is 2.55. The summed E-state index contributed by atoms with van der Waals surface area (Å²) in [7, 11) is 1.48. The molecular weight excluding hydrogens is 296 g/mol. The molecule has 0 aliphatic heterocycles. The van der Waals surface area contributed by atoms with E-state index in [1.165, 1.54) is 13.3 Å². The lowest BCUT2D eigenvalue weighted by atomic mass is 10.2. The van der Waals surface area contributed by atoms with E-state index in [0.717, 1.165) is 0 Å². The van der Waals surface area contributed by atoms with Crippen molar-refractivity contribution in [1.82, 2.24) is 10.3 Å². The largest absolute Gasteiger partial charge is 0.490 e. The molecule has 0 aliphatic carbocycles. The molecular formula is C14H21ClN2O4. The highest BCUT2D eigenvalue weighted by Gasteiger charge is 2.18. The van der Waals surface area contributed by atoms with Gasteiger partial charge in [0.15, 0.2) is 16.7 Å². The molecule has 0 saturated heterocycles. The molecule has 1 N–H and O–H groups in total. The molecule has 6 nitrogen and oxygen atoms in total. The summed E-state index contributed by atoms with van der Waals surface area (Å²) in [5.74, 6) is 0.832. The molecule has 0 aromatic carbocycles. The summed E-state index contributed by atoms with van der Waals surface area (Å²) in [6.45, 7) is 7.46. The number of nitrogens with zero attached hydrogens (tertiary/aromatic N) is 1. The van der Waals surface area contributed by atoms with Crippen molar-refractivity contribution >= 4 is 17.7 Å². The molecule has 0 saturated carbocycles. The van der Waals surface area contributed by atoms with Gasteiger partial charge in [-0.3, -0.25) is 0 Å². The van der Waals surface area contributed by atoms with E-state index in [1.54, 1.807) is 33.8 Å². The molecule has 1 rings (SSSR count). The number of hydrogen-bond acceptors (Lipinski definition) is 5. The zero-order chi connectivity index (χ0) is 16.0. The van der Waals surface area contributed by atoms with Crippen molar-refractivity contribution in [1.29, 1.82) is 0 Å². The second-order valence-corrected chi connectivity index (χ2v) is 5.85. The van der Waals surface area contributed by atoms with Crippen LogP contribution < -0.4 is 14.8 Å². The van der Waals surface area contributed by atoms with Crippen LogP contribution in [0.2, 0.25) is 5.15 Å². The van der Waals surface area contributed by atoms with Crippen LogP contribution in [0.3, 0.4) is 0 Å². The standard InChI is InChI=1S/C14H21ClN2O4/c1-9(17-13(18)21-14(2,3)4)8-20-10-6-7-16-12(15)11(10)19-5/h6-7,9H,8H2,1-5H3,(H,17,18). The van der Waals surface area contributed by atoms with Gasteiger partial charge in [0.25, 0.3) is 0 Å². The molecule has 0 bridgehead atoms. The number of methoxy groups -OCH3 is 1. The number of nitrogens with one attached hydrogen (secondary N) is 1. The van der Waals surface area contributed by atoms with Crippen LogP contribution in [0.4, 0.5) is 4.79 Å². The van der Waals surface area contributed by atoms with E-state index in [0.29, 0.717) is 11.5 Å². The highest BCUT2D eigenvalue weighted by atomic mass is 35.5. The van der Waals surface area contributed by atoms with E-state index in [1.807, 2.05) is 0 Å². The fourth-order valence-electron chi connectivity index (χ4n) is 1.47. The average molecular weight is 317 g/mol. The highest BCUT2D eigenvalue weighted by Crippen LogP contribution is 2.32. The van der Waals surface area contributed by atoms with Gasteiger partial charge in [-0.15, -0.1) is 0 Å². The van der Waals surface area contributed by atoms with Gasteiger partial charge < -0.3 is 19.5 Å². The van der Waals surface area contributed by atoms with E-state index < -0.39 is 11.7 Å². The topological polar surface area (TPSA) is 69.7 Å². The predicted molar refractivity (Wildman–Crippen MR) is 80.1 cm³/mol. The zero-order valence-electron chi connectivity index (χ0n) is 12.9. The fourth-order valence-corrected chi connectivity index (χ4v) is 1.70. The van der Waals surface area contributed by atoms with Gasteiger partial charge in [0.05, 0.1) is 13.2 Å². The molecule has 1 aromatic rings. The summed E-state index contributed by atoms with van der Waals surface area (Å²) in [6, 6.07) is 1.40. The zero-order valence-corrected chi connectivity index (χ0v) is 13.7. The number of ether oxygens (including phenoxy) is 3. The van der Waals surface area contributed by atoms with Crippen LogP contribution in [0, 0.1) is 0 Å². The Bertz CT molecular complexity index is 488. The number of aromatic nitrogens is 1. The molecule has 1 aromatic heterocycles. The molecule has 21 heavy (non-hydrogen) atoms. The van der Waals surface area contributed by atoms with Gasteiger partial charge in [0.2, 0.25) is 0 Å². The normalized spacial score (nSPS) is 12.5. The first-order valence-electron chi connectivity index (χ1n) is 6.53. The number of hydrogen-bond donors (Lipinski definition) is 1. The van der Waals surface area contributed by atoms with E-state index in [-0.39, 0.29) is 17.8 Å². The summed E-state index contributed by atoms with van der Waals surface area (Å²) in [6.07, 6.45) is 1.03. The summed E-state index contributed by atoms with van der Waals surface area (Å²) in [4.78, 5) is 15.5. The molecule has 1 amide bonds. The Labute approximate surface area is 129 Å². The van der Waals surface area contributed by atoms with Gasteiger partial charge in [0, 0.05) is 12.3 Å². The van der Waals surface area contributed by atoms with Gasteiger partial charge >= 0.3 is 6.09 Å². The SMILES string of the molecule is COc1c(OCC(C)NC(=O)OC(C)(C)C)ccnc1Cl. The number of carbonyl (C=O) groups is 1. The molecule has 1 atom stereocenters. The van der Waals surface area contributed by atoms with Crippen LogP contribution in [0.1, 0.15) is 27.7 Å². The molecule has 0 radical (unpaired) electrons. The third-order valence-electron chi connectivity index (χ3n) is 2.28. The first-order valence-corrected chi connectivity index (χ1v) is 6.91. The third kappa shape index (κ3) is 6.08. The highest BCUT2D eigenvalue weighted by molar-refractivity contribution is 6.31. The molecule has 7 heteroatoms. The summed E-state index contributed by atoms with van der Waals surface area (Å²) >= 11 is 5.90. The van der Waals surface area contributed by atoms with Crippen LogP contribution in [0.5, 0.6) is 11.5 Å². The molecule has 1 heterocycles. The van der Waals surface area contributed by atoms with E-state index in [2.05, 4.69) is 10.3 Å². The van der Waals surface area contributed by atoms with E-state index >= 15 is 0 Å². The number of alkyl carbamates (subject to hydrolysis) is 1. The smallest absolute Gasteiger partial charge is 0.407 e. The molecule has 1 unspecified atom stereocenters. The van der Waals surface area contributed by atoms with Crippen LogP contribution in [-0.2, 0) is 4.74 Å². The fraction of sp³-hybridized carbons (Fsp3) is 0.571. The van der Waals surface area contributed by atoms with Crippen molar-refractivity contribution in [2.45, 2.75) is 39.3 Å². The second kappa shape index (κ2) is 7.36. The Balaban J connectivity index is 2.52. The summed E-state index contributed by atoms with van der Waals surface area (Å²) in [5.41, 5.74) is -0.535. The first kappa shape index (κ1) is 17.4. The summed E-state index contributed by atoms with van der Waals surface area (Å²) in [5, 5.41) is 2.91. The lowest BCUT2D eigenvalue weighted by molar-refractivity contribution is 0.0493. The van der Waals surface area contributed by atoms with Gasteiger partial charge in [-0.2, -0.15) is 0 Å². The minimum Gasteiger partial charge on any atom is -0.490 e. The first-order chi connectivity index (χ1) is 9.73. The van der Waals surface area contributed by atoms with Crippen molar-refractivity contribution < 1.29 is 19.0 Å². The van der Waals surface area contributed by atoms with Crippen molar-refractivity contribution in [3.05, 3.63) is 17.4 Å². The minimum absolute atomic E-state index is 0.225. The van der Waals surface area contributed by atoms with Gasteiger partial charge in [-0.05, 0) is 27.7 Å². The maximum Gasteiger partial charge on any atom is 0.407 e. The van der Waals surface area contributed by atoms with Crippen LogP contribution in [0.25, 0.3) is 0 Å². The average Bonchev–Trinajstić information content (AvgIpc) is 2.33. The van der Waals surface area contributed by atoms with Crippen LogP contribution in [0.15, 0.2) is 12.3 Å². The monoisotopic (exact) mass is 316 g/mol. The number of rotatable bonds is 5. The van der Waals surface area contributed by atoms with Crippen LogP contribution >= 0.6 is 11.6 Å². The van der Waals surface area contributed by atoms with E-state index in [4.69, 9.17) is 25.8 Å². The van der Waals surface area contributed by atoms with Crippen LogP contribution in [-0.4, -0.2) is 36.4 Å². The quantitative estimate of drug-likeness (QED) is 0.845. The maximum atomic E-state index is 11.6. The van der Waals surface area contributed by atoms with E-state index in [9.17, 15) is 4.79 Å². The molecule has 118 valence electrons. The van der Waals surface area contributed by atoms with Crippen molar-refractivity contribution in [2.75, 3.05) is 13.7 Å². The number of amides is 1. The molecule has 0 fully saturated rings. The maximum absolute atomic E-state index is 11.6. The van der Waals surface area contributed by atoms with Gasteiger partial charge in [0.1, 0.15) is 12.2 Å². The Morgan fingerprint density at radius 2 is 2.14 bits per heavy atom. The predicted octanol–water partition coefficient (Wildman–Crippen LogP) is 3.04. The number of pyridine rings is 1. The van der Waals surface area contributed by atoms with Crippen molar-refractivity contribution in [3.8, 4) is 11.5 Å². The minimum atomic E-state index is -0.535. The molecule has 0 aliphatic rings. The lowest BCUT2D eigenvalue weighted by Crippen LogP contribution is -2.40. The Morgan fingerprint density at radius 1 is 1.48 bits per heavy atom. The van der Waals surface area contributed by atoms with Crippen molar-refractivity contribution in [2.24, 2.45) is 0 Å². The molecule has 0 spiro atoms. The van der Waals surface area contributed by atoms with Gasteiger partial charge in [-0.25, -0.2) is 9.78 Å². The second-order valence-electron chi connectivity index (χ2n) is 5.49.